The summed E-state index contributed by atoms with van der Waals surface area (Å²) in [6.45, 7) is 3.48. The zero-order valence-corrected chi connectivity index (χ0v) is 13.6. The minimum absolute atomic E-state index is 0.0654. The highest BCUT2D eigenvalue weighted by Crippen LogP contribution is 2.30. The van der Waals surface area contributed by atoms with E-state index in [1.807, 2.05) is 0 Å². The zero-order chi connectivity index (χ0) is 18.0. The fraction of sp³-hybridized carbons (Fsp3) is 0.438. The predicted molar refractivity (Wildman–Crippen MR) is 85.3 cm³/mol. The molecule has 0 aliphatic carbocycles. The topological polar surface area (TPSA) is 71.8 Å². The number of nitrogens with one attached hydrogen (secondary N) is 2. The highest BCUT2D eigenvalue weighted by atomic mass is 19.4. The summed E-state index contributed by atoms with van der Waals surface area (Å²) >= 11 is 0. The Kier molecular flexibility index (Phi) is 4.76. The molecule has 2 aromatic rings. The summed E-state index contributed by atoms with van der Waals surface area (Å²) in [5, 5.41) is 13.7. The molecule has 6 nitrogen and oxygen atoms in total. The van der Waals surface area contributed by atoms with Gasteiger partial charge in [-0.3, -0.25) is 4.79 Å². The van der Waals surface area contributed by atoms with E-state index in [1.165, 1.54) is 12.1 Å². The SMILES string of the molecule is Cc1c(C(=O)Nc2cccc(C(F)(F)F)c2)nnn1C1CCNCC1. The molecular weight excluding hydrogens is 335 g/mol. The Morgan fingerprint density at radius 3 is 2.72 bits per heavy atom. The van der Waals surface area contributed by atoms with E-state index in [2.05, 4.69) is 20.9 Å². The van der Waals surface area contributed by atoms with Crippen molar-refractivity contribution in [2.75, 3.05) is 18.4 Å². The minimum Gasteiger partial charge on any atom is -0.321 e. The molecule has 9 heteroatoms. The number of carbonyl (C=O) groups excluding carboxylic acids is 1. The van der Waals surface area contributed by atoms with Crippen molar-refractivity contribution in [1.82, 2.24) is 20.3 Å². The molecule has 1 aliphatic rings. The molecule has 134 valence electrons. The summed E-state index contributed by atoms with van der Waals surface area (Å²) in [7, 11) is 0. The van der Waals surface area contributed by atoms with Crippen LogP contribution >= 0.6 is 0 Å². The van der Waals surface area contributed by atoms with Crippen LogP contribution in [-0.2, 0) is 6.18 Å². The van der Waals surface area contributed by atoms with E-state index in [0.717, 1.165) is 38.1 Å². The molecule has 1 amide bonds. The van der Waals surface area contributed by atoms with Gasteiger partial charge in [-0.25, -0.2) is 4.68 Å². The molecule has 2 heterocycles. The van der Waals surface area contributed by atoms with Crippen molar-refractivity contribution < 1.29 is 18.0 Å². The number of anilines is 1. The molecule has 0 saturated carbocycles. The fourth-order valence-corrected chi connectivity index (χ4v) is 2.91. The Balaban J connectivity index is 1.77. The van der Waals surface area contributed by atoms with Crippen molar-refractivity contribution in [1.29, 1.82) is 0 Å². The molecule has 1 aromatic heterocycles. The molecule has 0 radical (unpaired) electrons. The summed E-state index contributed by atoms with van der Waals surface area (Å²) in [6, 6.07) is 4.67. The predicted octanol–water partition coefficient (Wildman–Crippen LogP) is 2.78. The van der Waals surface area contributed by atoms with Gasteiger partial charge in [0, 0.05) is 5.69 Å². The van der Waals surface area contributed by atoms with Crippen LogP contribution in [0.5, 0.6) is 0 Å². The third-order valence-corrected chi connectivity index (χ3v) is 4.24. The first-order valence-electron chi connectivity index (χ1n) is 7.97. The van der Waals surface area contributed by atoms with Crippen LogP contribution in [0.1, 0.15) is 40.6 Å². The molecule has 0 spiro atoms. The quantitative estimate of drug-likeness (QED) is 0.890. The van der Waals surface area contributed by atoms with Gasteiger partial charge < -0.3 is 10.6 Å². The van der Waals surface area contributed by atoms with Crippen LogP contribution in [-0.4, -0.2) is 34.0 Å². The van der Waals surface area contributed by atoms with Crippen LogP contribution in [0.25, 0.3) is 0 Å². The summed E-state index contributed by atoms with van der Waals surface area (Å²) < 4.78 is 40.0. The maximum absolute atomic E-state index is 12.8. The van der Waals surface area contributed by atoms with Crippen LogP contribution in [0.2, 0.25) is 0 Å². The Hall–Kier alpha value is -2.42. The number of hydrogen-bond acceptors (Lipinski definition) is 4. The molecule has 1 fully saturated rings. The third kappa shape index (κ3) is 3.81. The number of halogens is 3. The van der Waals surface area contributed by atoms with E-state index in [1.54, 1.807) is 11.6 Å². The van der Waals surface area contributed by atoms with E-state index in [4.69, 9.17) is 0 Å². The highest BCUT2D eigenvalue weighted by Gasteiger charge is 2.30. The van der Waals surface area contributed by atoms with E-state index < -0.39 is 17.6 Å². The lowest BCUT2D eigenvalue weighted by Gasteiger charge is -2.23. The molecule has 0 bridgehead atoms. The molecule has 0 unspecified atom stereocenters. The van der Waals surface area contributed by atoms with Crippen LogP contribution in [0.3, 0.4) is 0 Å². The summed E-state index contributed by atoms with van der Waals surface area (Å²) in [4.78, 5) is 12.4. The number of benzene rings is 1. The lowest BCUT2D eigenvalue weighted by atomic mass is 10.1. The van der Waals surface area contributed by atoms with Gasteiger partial charge in [0.15, 0.2) is 5.69 Å². The van der Waals surface area contributed by atoms with Gasteiger partial charge in [0.2, 0.25) is 0 Å². The maximum atomic E-state index is 12.8. The number of nitrogens with zero attached hydrogens (tertiary/aromatic N) is 3. The van der Waals surface area contributed by atoms with Crippen molar-refractivity contribution in [3.8, 4) is 0 Å². The van der Waals surface area contributed by atoms with Gasteiger partial charge in [0.1, 0.15) is 0 Å². The van der Waals surface area contributed by atoms with E-state index in [0.29, 0.717) is 5.69 Å². The zero-order valence-electron chi connectivity index (χ0n) is 13.6. The summed E-state index contributed by atoms with van der Waals surface area (Å²) in [5.41, 5.74) is -0.0247. The first-order chi connectivity index (χ1) is 11.9. The molecule has 25 heavy (non-hydrogen) atoms. The van der Waals surface area contributed by atoms with E-state index in [9.17, 15) is 18.0 Å². The minimum atomic E-state index is -4.46. The van der Waals surface area contributed by atoms with Gasteiger partial charge in [-0.1, -0.05) is 11.3 Å². The molecule has 3 rings (SSSR count). The van der Waals surface area contributed by atoms with Gasteiger partial charge >= 0.3 is 6.18 Å². The van der Waals surface area contributed by atoms with Crippen LogP contribution in [0, 0.1) is 6.92 Å². The number of rotatable bonds is 3. The average Bonchev–Trinajstić information content (AvgIpc) is 2.97. The van der Waals surface area contributed by atoms with Gasteiger partial charge in [0.05, 0.1) is 17.3 Å². The number of piperidine rings is 1. The molecule has 0 atom stereocenters. The fourth-order valence-electron chi connectivity index (χ4n) is 2.91. The van der Waals surface area contributed by atoms with Crippen molar-refractivity contribution >= 4 is 11.6 Å². The number of aromatic nitrogens is 3. The third-order valence-electron chi connectivity index (χ3n) is 4.24. The molecule has 1 saturated heterocycles. The molecular formula is C16H18F3N5O. The number of carbonyl (C=O) groups is 1. The Labute approximate surface area is 142 Å². The first kappa shape index (κ1) is 17.4. The lowest BCUT2D eigenvalue weighted by Crippen LogP contribution is -2.30. The van der Waals surface area contributed by atoms with Crippen LogP contribution in [0.15, 0.2) is 24.3 Å². The second kappa shape index (κ2) is 6.83. The summed E-state index contributed by atoms with van der Waals surface area (Å²) in [6.07, 6.45) is -2.69. The molecule has 1 aliphatic heterocycles. The van der Waals surface area contributed by atoms with Gasteiger partial charge in [0.25, 0.3) is 5.91 Å². The smallest absolute Gasteiger partial charge is 0.321 e. The van der Waals surface area contributed by atoms with Gasteiger partial charge in [-0.15, -0.1) is 5.10 Å². The van der Waals surface area contributed by atoms with E-state index in [-0.39, 0.29) is 17.4 Å². The lowest BCUT2D eigenvalue weighted by molar-refractivity contribution is -0.137. The van der Waals surface area contributed by atoms with Crippen LogP contribution < -0.4 is 10.6 Å². The molecule has 2 N–H and O–H groups in total. The van der Waals surface area contributed by atoms with Crippen molar-refractivity contribution in [2.45, 2.75) is 32.0 Å². The Morgan fingerprint density at radius 2 is 2.04 bits per heavy atom. The van der Waals surface area contributed by atoms with E-state index >= 15 is 0 Å². The monoisotopic (exact) mass is 353 g/mol. The molecule has 1 aromatic carbocycles. The largest absolute Gasteiger partial charge is 0.416 e. The normalized spacial score (nSPS) is 16.0. The number of alkyl halides is 3. The highest BCUT2D eigenvalue weighted by molar-refractivity contribution is 6.03. The second-order valence-corrected chi connectivity index (χ2v) is 5.98. The Morgan fingerprint density at radius 1 is 1.32 bits per heavy atom. The van der Waals surface area contributed by atoms with Crippen molar-refractivity contribution in [2.24, 2.45) is 0 Å². The van der Waals surface area contributed by atoms with Crippen molar-refractivity contribution in [3.05, 3.63) is 41.2 Å². The standard InChI is InChI=1S/C16H18F3N5O/c1-10-14(22-23-24(10)13-5-7-20-8-6-13)15(25)21-12-4-2-3-11(9-12)16(17,18)19/h2-4,9,13,20H,5-8H2,1H3,(H,21,25). The summed E-state index contributed by atoms with van der Waals surface area (Å²) in [5.74, 6) is -0.572. The van der Waals surface area contributed by atoms with Crippen LogP contribution in [0.4, 0.5) is 18.9 Å². The average molecular weight is 353 g/mol. The van der Waals surface area contributed by atoms with Gasteiger partial charge in [-0.2, -0.15) is 13.2 Å². The second-order valence-electron chi connectivity index (χ2n) is 5.98. The number of amides is 1. The number of hydrogen-bond donors (Lipinski definition) is 2. The van der Waals surface area contributed by atoms with Crippen molar-refractivity contribution in [3.63, 3.8) is 0 Å². The maximum Gasteiger partial charge on any atom is 0.416 e. The first-order valence-corrected chi connectivity index (χ1v) is 7.97. The van der Waals surface area contributed by atoms with Gasteiger partial charge in [-0.05, 0) is 51.1 Å². The Bertz CT molecular complexity index is 765.